The van der Waals surface area contributed by atoms with Crippen molar-refractivity contribution in [2.75, 3.05) is 45.3 Å². The summed E-state index contributed by atoms with van der Waals surface area (Å²) in [5, 5.41) is 0.281. The third-order valence-electron chi connectivity index (χ3n) is 4.42. The number of methoxy groups -OCH3 is 2. The second kappa shape index (κ2) is 7.73. The van der Waals surface area contributed by atoms with Crippen molar-refractivity contribution in [2.45, 2.75) is 4.90 Å². The van der Waals surface area contributed by atoms with Crippen molar-refractivity contribution in [3.63, 3.8) is 0 Å². The Kier molecular flexibility index (Phi) is 5.60. The first-order chi connectivity index (χ1) is 12.5. The van der Waals surface area contributed by atoms with Crippen molar-refractivity contribution < 1.29 is 17.9 Å². The summed E-state index contributed by atoms with van der Waals surface area (Å²) in [7, 11) is -0.464. The predicted octanol–water partition coefficient (Wildman–Crippen LogP) is 2.87. The Morgan fingerprint density at radius 3 is 2.31 bits per heavy atom. The Morgan fingerprint density at radius 1 is 0.962 bits per heavy atom. The van der Waals surface area contributed by atoms with Crippen LogP contribution < -0.4 is 14.4 Å². The lowest BCUT2D eigenvalue weighted by molar-refractivity contribution is 0.383. The Morgan fingerprint density at radius 2 is 1.69 bits per heavy atom. The maximum Gasteiger partial charge on any atom is 0.243 e. The van der Waals surface area contributed by atoms with Crippen LogP contribution in [0.2, 0.25) is 5.02 Å². The molecule has 1 aliphatic heterocycles. The van der Waals surface area contributed by atoms with Crippen molar-refractivity contribution in [2.24, 2.45) is 0 Å². The van der Waals surface area contributed by atoms with Crippen LogP contribution in [0.4, 0.5) is 5.69 Å². The van der Waals surface area contributed by atoms with Crippen LogP contribution in [0.15, 0.2) is 47.4 Å². The number of nitrogens with zero attached hydrogens (tertiary/aromatic N) is 2. The lowest BCUT2D eigenvalue weighted by Crippen LogP contribution is -2.48. The summed E-state index contributed by atoms with van der Waals surface area (Å²) < 4.78 is 37.6. The van der Waals surface area contributed by atoms with E-state index >= 15 is 0 Å². The van der Waals surface area contributed by atoms with Crippen LogP contribution >= 0.6 is 11.6 Å². The number of piperazine rings is 1. The standard InChI is InChI=1S/C18H21ClN2O4S/c1-24-15-5-3-4-14(12-15)20-8-10-21(11-9-20)26(22,23)16-6-7-18(25-2)17(19)13-16/h3-7,12-13H,8-11H2,1-2H3. The number of hydrogen-bond donors (Lipinski definition) is 0. The van der Waals surface area contributed by atoms with Gasteiger partial charge in [-0.05, 0) is 30.3 Å². The van der Waals surface area contributed by atoms with Crippen LogP contribution in [0.1, 0.15) is 0 Å². The molecule has 8 heteroatoms. The van der Waals surface area contributed by atoms with Gasteiger partial charge in [0.15, 0.2) is 0 Å². The molecule has 0 N–H and O–H groups in total. The SMILES string of the molecule is COc1cccc(N2CCN(S(=O)(=O)c3ccc(OC)c(Cl)c3)CC2)c1. The highest BCUT2D eigenvalue weighted by atomic mass is 35.5. The van der Waals surface area contributed by atoms with Gasteiger partial charge in [-0.3, -0.25) is 0 Å². The second-order valence-corrected chi connectivity index (χ2v) is 8.23. The molecule has 0 saturated carbocycles. The number of sulfonamides is 1. The van der Waals surface area contributed by atoms with E-state index in [1.165, 1.54) is 23.5 Å². The van der Waals surface area contributed by atoms with Crippen LogP contribution in [0.3, 0.4) is 0 Å². The van der Waals surface area contributed by atoms with Gasteiger partial charge in [-0.15, -0.1) is 0 Å². The number of rotatable bonds is 5. The number of halogens is 1. The Labute approximate surface area is 158 Å². The Balaban J connectivity index is 1.73. The van der Waals surface area contributed by atoms with Crippen molar-refractivity contribution in [1.82, 2.24) is 4.31 Å². The molecule has 2 aromatic rings. The molecule has 0 bridgehead atoms. The van der Waals surface area contributed by atoms with Gasteiger partial charge < -0.3 is 14.4 Å². The zero-order valence-electron chi connectivity index (χ0n) is 14.7. The summed E-state index contributed by atoms with van der Waals surface area (Å²) in [5.74, 6) is 1.24. The summed E-state index contributed by atoms with van der Waals surface area (Å²) in [6.45, 7) is 2.03. The molecule has 0 aromatic heterocycles. The second-order valence-electron chi connectivity index (χ2n) is 5.89. The van der Waals surface area contributed by atoms with Crippen molar-refractivity contribution in [1.29, 1.82) is 0 Å². The van der Waals surface area contributed by atoms with Crippen LogP contribution in [-0.2, 0) is 10.0 Å². The molecule has 6 nitrogen and oxygen atoms in total. The van der Waals surface area contributed by atoms with E-state index in [0.717, 1.165) is 11.4 Å². The molecule has 26 heavy (non-hydrogen) atoms. The van der Waals surface area contributed by atoms with E-state index in [1.54, 1.807) is 13.2 Å². The first-order valence-electron chi connectivity index (χ1n) is 8.18. The lowest BCUT2D eigenvalue weighted by atomic mass is 10.2. The van der Waals surface area contributed by atoms with Gasteiger partial charge in [0.2, 0.25) is 10.0 Å². The van der Waals surface area contributed by atoms with Gasteiger partial charge in [0.1, 0.15) is 11.5 Å². The fraction of sp³-hybridized carbons (Fsp3) is 0.333. The topological polar surface area (TPSA) is 59.1 Å². The van der Waals surface area contributed by atoms with Gasteiger partial charge in [0.05, 0.1) is 24.1 Å². The third kappa shape index (κ3) is 3.75. The van der Waals surface area contributed by atoms with Crippen LogP contribution in [0, 0.1) is 0 Å². The third-order valence-corrected chi connectivity index (χ3v) is 6.61. The Hall–Kier alpha value is -1.96. The normalized spacial score (nSPS) is 15.7. The minimum absolute atomic E-state index is 0.179. The molecular weight excluding hydrogens is 376 g/mol. The fourth-order valence-electron chi connectivity index (χ4n) is 2.95. The summed E-state index contributed by atoms with van der Waals surface area (Å²) in [4.78, 5) is 2.33. The summed E-state index contributed by atoms with van der Waals surface area (Å²) in [6, 6.07) is 12.3. The van der Waals surface area contributed by atoms with Gasteiger partial charge in [0.25, 0.3) is 0 Å². The van der Waals surface area contributed by atoms with Gasteiger partial charge in [-0.1, -0.05) is 17.7 Å². The van der Waals surface area contributed by atoms with E-state index < -0.39 is 10.0 Å². The smallest absolute Gasteiger partial charge is 0.243 e. The van der Waals surface area contributed by atoms with E-state index in [9.17, 15) is 8.42 Å². The fourth-order valence-corrected chi connectivity index (χ4v) is 4.72. The molecule has 2 aromatic carbocycles. The molecule has 3 rings (SSSR count). The molecule has 0 unspecified atom stereocenters. The molecule has 0 radical (unpaired) electrons. The largest absolute Gasteiger partial charge is 0.497 e. The lowest BCUT2D eigenvalue weighted by Gasteiger charge is -2.35. The zero-order chi connectivity index (χ0) is 18.7. The highest BCUT2D eigenvalue weighted by Crippen LogP contribution is 2.29. The number of hydrogen-bond acceptors (Lipinski definition) is 5. The number of anilines is 1. The molecular formula is C18H21ClN2O4S. The monoisotopic (exact) mass is 396 g/mol. The maximum absolute atomic E-state index is 12.9. The first kappa shape index (κ1) is 18.8. The summed E-state index contributed by atoms with van der Waals surface area (Å²) >= 11 is 6.08. The summed E-state index contributed by atoms with van der Waals surface area (Å²) in [5.41, 5.74) is 1.02. The van der Waals surface area contributed by atoms with Crippen molar-refractivity contribution in [3.8, 4) is 11.5 Å². The average Bonchev–Trinajstić information content (AvgIpc) is 2.68. The minimum Gasteiger partial charge on any atom is -0.497 e. The van der Waals surface area contributed by atoms with Crippen LogP contribution in [0.5, 0.6) is 11.5 Å². The van der Waals surface area contributed by atoms with Crippen molar-refractivity contribution >= 4 is 27.3 Å². The highest BCUT2D eigenvalue weighted by molar-refractivity contribution is 7.89. The minimum atomic E-state index is -3.59. The highest BCUT2D eigenvalue weighted by Gasteiger charge is 2.29. The molecule has 140 valence electrons. The zero-order valence-corrected chi connectivity index (χ0v) is 16.3. The predicted molar refractivity (Wildman–Crippen MR) is 102 cm³/mol. The molecule has 0 amide bonds. The summed E-state index contributed by atoms with van der Waals surface area (Å²) in [6.07, 6.45) is 0. The van der Waals surface area contributed by atoms with E-state index in [4.69, 9.17) is 21.1 Å². The maximum atomic E-state index is 12.9. The molecule has 1 aliphatic rings. The molecule has 0 spiro atoms. The number of benzene rings is 2. The molecule has 1 saturated heterocycles. The van der Waals surface area contributed by atoms with E-state index in [1.807, 2.05) is 24.3 Å². The van der Waals surface area contributed by atoms with Gasteiger partial charge in [0, 0.05) is 37.9 Å². The van der Waals surface area contributed by atoms with E-state index in [0.29, 0.717) is 31.9 Å². The molecule has 1 heterocycles. The van der Waals surface area contributed by atoms with Gasteiger partial charge in [-0.2, -0.15) is 4.31 Å². The molecule has 0 aliphatic carbocycles. The quantitative estimate of drug-likeness (QED) is 0.777. The molecule has 0 atom stereocenters. The van der Waals surface area contributed by atoms with Gasteiger partial charge in [-0.25, -0.2) is 8.42 Å². The van der Waals surface area contributed by atoms with Gasteiger partial charge >= 0.3 is 0 Å². The molecule has 1 fully saturated rings. The first-order valence-corrected chi connectivity index (χ1v) is 10.00. The number of ether oxygens (including phenoxy) is 2. The van der Waals surface area contributed by atoms with Crippen LogP contribution in [-0.4, -0.2) is 53.1 Å². The van der Waals surface area contributed by atoms with E-state index in [2.05, 4.69) is 4.90 Å². The van der Waals surface area contributed by atoms with Crippen molar-refractivity contribution in [3.05, 3.63) is 47.5 Å². The Bertz CT molecular complexity index is 881. The van der Waals surface area contributed by atoms with E-state index in [-0.39, 0.29) is 9.92 Å². The van der Waals surface area contributed by atoms with Crippen LogP contribution in [0.25, 0.3) is 0 Å². The average molecular weight is 397 g/mol.